The van der Waals surface area contributed by atoms with Gasteiger partial charge in [0.15, 0.2) is 0 Å². The number of rotatable bonds is 5. The van der Waals surface area contributed by atoms with E-state index in [-0.39, 0.29) is 11.9 Å². The van der Waals surface area contributed by atoms with Gasteiger partial charge in [-0.3, -0.25) is 14.6 Å². The molecule has 25 heavy (non-hydrogen) atoms. The highest BCUT2D eigenvalue weighted by molar-refractivity contribution is 9.11. The lowest BCUT2D eigenvalue weighted by molar-refractivity contribution is -0.121. The van der Waals surface area contributed by atoms with Crippen molar-refractivity contribution in [2.45, 2.75) is 19.5 Å². The van der Waals surface area contributed by atoms with Gasteiger partial charge < -0.3 is 5.32 Å². The Labute approximate surface area is 169 Å². The SMILES string of the molecule is C[C@@H](C(=O)Nc1ccc(Br)cc1Br)N1CCN(Cc2ccsc2)CC1. The largest absolute Gasteiger partial charge is 0.324 e. The van der Waals surface area contributed by atoms with Crippen molar-refractivity contribution in [2.75, 3.05) is 31.5 Å². The normalized spacial score (nSPS) is 17.4. The van der Waals surface area contributed by atoms with Crippen molar-refractivity contribution in [2.24, 2.45) is 0 Å². The summed E-state index contributed by atoms with van der Waals surface area (Å²) in [7, 11) is 0. The summed E-state index contributed by atoms with van der Waals surface area (Å²) in [5.41, 5.74) is 2.18. The molecule has 0 spiro atoms. The lowest BCUT2D eigenvalue weighted by atomic mass is 10.2. The molecule has 2 heterocycles. The minimum absolute atomic E-state index is 0.0364. The molecule has 0 radical (unpaired) electrons. The Hall–Kier alpha value is -0.730. The zero-order chi connectivity index (χ0) is 17.8. The van der Waals surface area contributed by atoms with Crippen molar-refractivity contribution in [3.63, 3.8) is 0 Å². The maximum atomic E-state index is 12.6. The average molecular weight is 487 g/mol. The van der Waals surface area contributed by atoms with E-state index in [0.29, 0.717) is 0 Å². The summed E-state index contributed by atoms with van der Waals surface area (Å²) >= 11 is 8.66. The molecule has 4 nitrogen and oxygen atoms in total. The molecule has 1 saturated heterocycles. The summed E-state index contributed by atoms with van der Waals surface area (Å²) in [6, 6.07) is 7.80. The number of halogens is 2. The molecule has 1 N–H and O–H groups in total. The fourth-order valence-corrected chi connectivity index (χ4v) is 4.75. The van der Waals surface area contributed by atoms with E-state index in [1.54, 1.807) is 11.3 Å². The van der Waals surface area contributed by atoms with Gasteiger partial charge in [0.05, 0.1) is 11.7 Å². The Morgan fingerprint density at radius 3 is 2.64 bits per heavy atom. The van der Waals surface area contributed by atoms with Crippen LogP contribution >= 0.6 is 43.2 Å². The van der Waals surface area contributed by atoms with Crippen LogP contribution in [0.15, 0.2) is 44.0 Å². The van der Waals surface area contributed by atoms with E-state index in [4.69, 9.17) is 0 Å². The Balaban J connectivity index is 1.51. The minimum Gasteiger partial charge on any atom is -0.324 e. The molecule has 3 rings (SSSR count). The first-order valence-corrected chi connectivity index (χ1v) is 10.8. The van der Waals surface area contributed by atoms with E-state index in [0.717, 1.165) is 47.4 Å². The summed E-state index contributed by atoms with van der Waals surface area (Å²) in [4.78, 5) is 17.3. The number of carbonyl (C=O) groups is 1. The molecule has 1 aromatic heterocycles. The van der Waals surface area contributed by atoms with E-state index in [9.17, 15) is 4.79 Å². The maximum Gasteiger partial charge on any atom is 0.241 e. The van der Waals surface area contributed by atoms with Crippen LogP contribution in [0.1, 0.15) is 12.5 Å². The van der Waals surface area contributed by atoms with Gasteiger partial charge in [0.2, 0.25) is 5.91 Å². The van der Waals surface area contributed by atoms with Gasteiger partial charge in [-0.1, -0.05) is 15.9 Å². The summed E-state index contributed by atoms with van der Waals surface area (Å²) < 4.78 is 1.86. The number of hydrogen-bond donors (Lipinski definition) is 1. The summed E-state index contributed by atoms with van der Waals surface area (Å²) in [6.45, 7) is 6.81. The minimum atomic E-state index is -0.140. The number of nitrogens with zero attached hydrogens (tertiary/aromatic N) is 2. The van der Waals surface area contributed by atoms with Gasteiger partial charge in [0.1, 0.15) is 0 Å². The lowest BCUT2D eigenvalue weighted by Gasteiger charge is -2.37. The van der Waals surface area contributed by atoms with Gasteiger partial charge in [-0.2, -0.15) is 11.3 Å². The van der Waals surface area contributed by atoms with Crippen LogP contribution in [0.3, 0.4) is 0 Å². The van der Waals surface area contributed by atoms with Gasteiger partial charge in [-0.15, -0.1) is 0 Å². The van der Waals surface area contributed by atoms with Crippen molar-refractivity contribution in [1.82, 2.24) is 9.80 Å². The third-order valence-electron chi connectivity index (χ3n) is 4.51. The Bertz CT molecular complexity index is 715. The molecule has 1 atom stereocenters. The van der Waals surface area contributed by atoms with E-state index in [2.05, 4.69) is 63.8 Å². The molecule has 7 heteroatoms. The number of benzene rings is 1. The van der Waals surface area contributed by atoms with Crippen molar-refractivity contribution in [3.8, 4) is 0 Å². The number of anilines is 1. The van der Waals surface area contributed by atoms with E-state index in [1.165, 1.54) is 5.56 Å². The van der Waals surface area contributed by atoms with Crippen LogP contribution in [0.2, 0.25) is 0 Å². The number of nitrogens with one attached hydrogen (secondary N) is 1. The van der Waals surface area contributed by atoms with E-state index in [1.807, 2.05) is 25.1 Å². The number of hydrogen-bond acceptors (Lipinski definition) is 4. The molecule has 134 valence electrons. The number of amides is 1. The molecule has 0 saturated carbocycles. The fraction of sp³-hybridized carbons (Fsp3) is 0.389. The number of carbonyl (C=O) groups excluding carboxylic acids is 1. The third kappa shape index (κ3) is 5.14. The van der Waals surface area contributed by atoms with Crippen LogP contribution in [-0.2, 0) is 11.3 Å². The number of piperazine rings is 1. The van der Waals surface area contributed by atoms with Crippen molar-refractivity contribution in [1.29, 1.82) is 0 Å². The lowest BCUT2D eigenvalue weighted by Crippen LogP contribution is -2.52. The standard InChI is InChI=1S/C18H21Br2N3OS/c1-13(18(24)21-17-3-2-15(19)10-16(17)20)23-7-5-22(6-8-23)11-14-4-9-25-12-14/h2-4,9-10,12-13H,5-8,11H2,1H3,(H,21,24)/t13-/m0/s1. The van der Waals surface area contributed by atoms with Gasteiger partial charge in [0, 0.05) is 41.7 Å². The molecule has 1 aliphatic heterocycles. The van der Waals surface area contributed by atoms with E-state index < -0.39 is 0 Å². The van der Waals surface area contributed by atoms with Crippen LogP contribution in [0.25, 0.3) is 0 Å². The van der Waals surface area contributed by atoms with Crippen LogP contribution in [0.4, 0.5) is 5.69 Å². The molecule has 1 aliphatic rings. The summed E-state index contributed by atoms with van der Waals surface area (Å²) in [5.74, 6) is 0.0364. The van der Waals surface area contributed by atoms with Gasteiger partial charge in [-0.05, 0) is 63.4 Å². The van der Waals surface area contributed by atoms with Crippen molar-refractivity contribution >= 4 is 54.8 Å². The van der Waals surface area contributed by atoms with Gasteiger partial charge >= 0.3 is 0 Å². The highest BCUT2D eigenvalue weighted by atomic mass is 79.9. The second-order valence-electron chi connectivity index (χ2n) is 6.23. The molecule has 1 fully saturated rings. The third-order valence-corrected chi connectivity index (χ3v) is 6.39. The smallest absolute Gasteiger partial charge is 0.241 e. The molecule has 1 amide bonds. The zero-order valence-electron chi connectivity index (χ0n) is 14.0. The predicted molar refractivity (Wildman–Crippen MR) is 111 cm³/mol. The Morgan fingerprint density at radius 2 is 2.00 bits per heavy atom. The molecule has 2 aromatic rings. The molecule has 0 aliphatic carbocycles. The van der Waals surface area contributed by atoms with Crippen LogP contribution < -0.4 is 5.32 Å². The molecule has 1 aromatic carbocycles. The maximum absolute atomic E-state index is 12.6. The van der Waals surface area contributed by atoms with Gasteiger partial charge in [0.25, 0.3) is 0 Å². The fourth-order valence-electron chi connectivity index (χ4n) is 2.94. The van der Waals surface area contributed by atoms with Crippen molar-refractivity contribution in [3.05, 3.63) is 49.5 Å². The molecule has 0 unspecified atom stereocenters. The second-order valence-corrected chi connectivity index (χ2v) is 8.78. The summed E-state index contributed by atoms with van der Waals surface area (Å²) in [5, 5.41) is 7.35. The second kappa shape index (κ2) is 8.77. The first-order valence-electron chi connectivity index (χ1n) is 8.26. The quantitative estimate of drug-likeness (QED) is 0.679. The Morgan fingerprint density at radius 1 is 1.24 bits per heavy atom. The highest BCUT2D eigenvalue weighted by Crippen LogP contribution is 2.26. The first-order chi connectivity index (χ1) is 12.0. The summed E-state index contributed by atoms with van der Waals surface area (Å²) in [6.07, 6.45) is 0. The predicted octanol–water partition coefficient (Wildman–Crippen LogP) is 4.42. The molecule has 0 bridgehead atoms. The first kappa shape index (κ1) is 19.0. The van der Waals surface area contributed by atoms with Gasteiger partial charge in [-0.25, -0.2) is 0 Å². The monoisotopic (exact) mass is 485 g/mol. The number of thiophene rings is 1. The van der Waals surface area contributed by atoms with Crippen LogP contribution in [0, 0.1) is 0 Å². The van der Waals surface area contributed by atoms with E-state index >= 15 is 0 Å². The molecular weight excluding hydrogens is 466 g/mol. The zero-order valence-corrected chi connectivity index (χ0v) is 18.0. The Kier molecular flexibility index (Phi) is 6.68. The highest BCUT2D eigenvalue weighted by Gasteiger charge is 2.26. The van der Waals surface area contributed by atoms with Crippen LogP contribution in [0.5, 0.6) is 0 Å². The molecular formula is C18H21Br2N3OS. The van der Waals surface area contributed by atoms with Crippen LogP contribution in [-0.4, -0.2) is 47.9 Å². The van der Waals surface area contributed by atoms with Crippen molar-refractivity contribution < 1.29 is 4.79 Å². The average Bonchev–Trinajstić information content (AvgIpc) is 3.10. The topological polar surface area (TPSA) is 35.6 Å².